The molecule has 8 nitrogen and oxygen atoms in total. The van der Waals surface area contributed by atoms with Crippen molar-refractivity contribution in [1.29, 1.82) is 0 Å². The van der Waals surface area contributed by atoms with E-state index in [0.29, 0.717) is 24.7 Å². The van der Waals surface area contributed by atoms with Gasteiger partial charge in [-0.1, -0.05) is 6.92 Å². The highest BCUT2D eigenvalue weighted by atomic mass is 32.1. The van der Waals surface area contributed by atoms with Crippen LogP contribution in [0.2, 0.25) is 0 Å². The molecule has 1 amide bonds. The molecule has 0 radical (unpaired) electrons. The number of fused-ring (bicyclic) bond motifs is 5. The van der Waals surface area contributed by atoms with Gasteiger partial charge in [0.1, 0.15) is 17.7 Å². The number of hydrogen-bond acceptors (Lipinski definition) is 6. The Balaban J connectivity index is 1.52. The zero-order valence-corrected chi connectivity index (χ0v) is 17.7. The van der Waals surface area contributed by atoms with Gasteiger partial charge in [0.2, 0.25) is 5.91 Å². The number of thiophene rings is 1. The predicted molar refractivity (Wildman–Crippen MR) is 110 cm³/mol. The van der Waals surface area contributed by atoms with E-state index in [4.69, 9.17) is 4.74 Å². The lowest BCUT2D eigenvalue weighted by Gasteiger charge is -2.35. The van der Waals surface area contributed by atoms with Crippen molar-refractivity contribution in [3.05, 3.63) is 27.3 Å². The monoisotopic (exact) mass is 415 g/mol. The van der Waals surface area contributed by atoms with Gasteiger partial charge in [0.05, 0.1) is 17.6 Å². The lowest BCUT2D eigenvalue weighted by atomic mass is 9.89. The topological polar surface area (TPSA) is 81.7 Å². The molecule has 1 aliphatic carbocycles. The maximum atomic E-state index is 12.9. The molecule has 0 N–H and O–H groups in total. The van der Waals surface area contributed by atoms with Crippen molar-refractivity contribution in [1.82, 2.24) is 24.1 Å². The van der Waals surface area contributed by atoms with Crippen LogP contribution in [-0.4, -0.2) is 55.3 Å². The van der Waals surface area contributed by atoms with E-state index in [1.54, 1.807) is 16.2 Å². The van der Waals surface area contributed by atoms with Crippen LogP contribution in [0.15, 0.2) is 11.1 Å². The highest BCUT2D eigenvalue weighted by Gasteiger charge is 2.28. The fourth-order valence-electron chi connectivity index (χ4n) is 4.58. The molecule has 0 unspecified atom stereocenters. The maximum absolute atomic E-state index is 12.9. The van der Waals surface area contributed by atoms with E-state index < -0.39 is 0 Å². The number of morpholine rings is 1. The normalized spacial score (nSPS) is 24.9. The van der Waals surface area contributed by atoms with Crippen LogP contribution in [0.4, 0.5) is 0 Å². The molecule has 5 rings (SSSR count). The summed E-state index contributed by atoms with van der Waals surface area (Å²) in [5.41, 5.74) is 1.57. The second kappa shape index (κ2) is 6.91. The van der Waals surface area contributed by atoms with Crippen LogP contribution in [0, 0.1) is 5.92 Å². The first-order chi connectivity index (χ1) is 13.9. The highest BCUT2D eigenvalue weighted by molar-refractivity contribution is 7.19. The van der Waals surface area contributed by atoms with Crippen molar-refractivity contribution in [2.75, 3.05) is 13.1 Å². The molecule has 2 aliphatic rings. The van der Waals surface area contributed by atoms with E-state index in [-0.39, 0.29) is 30.3 Å². The van der Waals surface area contributed by atoms with Crippen LogP contribution >= 0.6 is 11.3 Å². The first-order valence-electron chi connectivity index (χ1n) is 10.2. The van der Waals surface area contributed by atoms with Crippen LogP contribution in [0.3, 0.4) is 0 Å². The number of amides is 1. The minimum Gasteiger partial charge on any atom is -0.372 e. The average Bonchev–Trinajstić information content (AvgIpc) is 3.18. The number of hydrogen-bond donors (Lipinski definition) is 0. The summed E-state index contributed by atoms with van der Waals surface area (Å²) in [6.45, 7) is 7.19. The molecular weight excluding hydrogens is 390 g/mol. The molecule has 154 valence electrons. The van der Waals surface area contributed by atoms with Crippen molar-refractivity contribution in [2.45, 2.75) is 58.8 Å². The molecule has 0 aromatic carbocycles. The van der Waals surface area contributed by atoms with Gasteiger partial charge in [-0.05, 0) is 44.6 Å². The molecule has 29 heavy (non-hydrogen) atoms. The summed E-state index contributed by atoms with van der Waals surface area (Å²) >= 11 is 1.71. The number of aryl methyl sites for hydroxylation is 1. The van der Waals surface area contributed by atoms with Crippen molar-refractivity contribution in [3.8, 4) is 0 Å². The summed E-state index contributed by atoms with van der Waals surface area (Å²) in [6.07, 6.45) is 4.70. The van der Waals surface area contributed by atoms with E-state index in [1.807, 2.05) is 13.8 Å². The summed E-state index contributed by atoms with van der Waals surface area (Å²) < 4.78 is 8.45. The van der Waals surface area contributed by atoms with Crippen LogP contribution in [-0.2, 0) is 28.9 Å². The molecule has 1 fully saturated rings. The summed E-state index contributed by atoms with van der Waals surface area (Å²) in [7, 11) is 0. The molecule has 9 heteroatoms. The third-order valence-electron chi connectivity index (χ3n) is 5.94. The number of rotatable bonds is 2. The Morgan fingerprint density at radius 2 is 2.03 bits per heavy atom. The zero-order valence-electron chi connectivity index (χ0n) is 16.9. The Labute approximate surface area is 172 Å². The minimum atomic E-state index is -0.318. The number of carbonyl (C=O) groups is 1. The Morgan fingerprint density at radius 3 is 2.79 bits per heavy atom. The number of carbonyl (C=O) groups excluding carboxylic acids is 1. The van der Waals surface area contributed by atoms with Crippen molar-refractivity contribution in [3.63, 3.8) is 0 Å². The van der Waals surface area contributed by atoms with Crippen LogP contribution < -0.4 is 5.69 Å². The van der Waals surface area contributed by atoms with E-state index in [2.05, 4.69) is 17.0 Å². The summed E-state index contributed by atoms with van der Waals surface area (Å²) in [5.74, 6) is 0.560. The second-order valence-electron chi connectivity index (χ2n) is 8.47. The maximum Gasteiger partial charge on any atom is 0.352 e. The quantitative estimate of drug-likeness (QED) is 0.638. The van der Waals surface area contributed by atoms with Gasteiger partial charge in [0, 0.05) is 18.0 Å². The number of ether oxygens (including phenoxy) is 1. The standard InChI is InChI=1S/C20H25N5O3S/c1-11-4-5-14-15(6-11)29-19-17(14)18-22-25(20(27)24(18)10-21-19)9-16(26)23-7-12(2)28-13(3)8-23/h10-13H,4-9H2,1-3H3/t11-,12+,13+/m1/s1. The van der Waals surface area contributed by atoms with Crippen molar-refractivity contribution >= 4 is 33.1 Å². The molecule has 0 bridgehead atoms. The second-order valence-corrected chi connectivity index (χ2v) is 9.55. The van der Waals surface area contributed by atoms with Gasteiger partial charge in [0.15, 0.2) is 5.65 Å². The molecule has 0 saturated carbocycles. The third-order valence-corrected chi connectivity index (χ3v) is 7.10. The molecule has 1 saturated heterocycles. The molecular formula is C20H25N5O3S. The van der Waals surface area contributed by atoms with Crippen LogP contribution in [0.5, 0.6) is 0 Å². The average molecular weight is 416 g/mol. The minimum absolute atomic E-state index is 0.0102. The fraction of sp³-hybridized carbons (Fsp3) is 0.600. The van der Waals surface area contributed by atoms with Crippen molar-refractivity contribution < 1.29 is 9.53 Å². The van der Waals surface area contributed by atoms with Crippen molar-refractivity contribution in [2.24, 2.45) is 5.92 Å². The fourth-order valence-corrected chi connectivity index (χ4v) is 5.92. The van der Waals surface area contributed by atoms with Crippen LogP contribution in [0.1, 0.15) is 37.6 Å². The first kappa shape index (κ1) is 18.7. The van der Waals surface area contributed by atoms with Gasteiger partial charge in [0.25, 0.3) is 0 Å². The molecule has 0 spiro atoms. The third kappa shape index (κ3) is 3.16. The van der Waals surface area contributed by atoms with Crippen LogP contribution in [0.25, 0.3) is 15.9 Å². The number of aromatic nitrogens is 4. The van der Waals surface area contributed by atoms with Gasteiger partial charge in [-0.15, -0.1) is 16.4 Å². The molecule has 4 heterocycles. The Morgan fingerprint density at radius 1 is 1.28 bits per heavy atom. The number of nitrogens with zero attached hydrogens (tertiary/aromatic N) is 5. The Kier molecular flexibility index (Phi) is 4.47. The van der Waals surface area contributed by atoms with E-state index in [9.17, 15) is 9.59 Å². The van der Waals surface area contributed by atoms with E-state index in [1.165, 1.54) is 25.9 Å². The molecule has 3 aromatic rings. The lowest BCUT2D eigenvalue weighted by Crippen LogP contribution is -2.49. The molecule has 3 aromatic heterocycles. The molecule has 3 atom stereocenters. The summed E-state index contributed by atoms with van der Waals surface area (Å²) in [6, 6.07) is 0. The first-order valence-corrected chi connectivity index (χ1v) is 11.0. The van der Waals surface area contributed by atoms with Gasteiger partial charge in [-0.25, -0.2) is 18.9 Å². The zero-order chi connectivity index (χ0) is 20.3. The predicted octanol–water partition coefficient (Wildman–Crippen LogP) is 1.87. The van der Waals surface area contributed by atoms with Gasteiger partial charge < -0.3 is 9.64 Å². The highest BCUT2D eigenvalue weighted by Crippen LogP contribution is 2.38. The largest absolute Gasteiger partial charge is 0.372 e. The molecule has 1 aliphatic heterocycles. The lowest BCUT2D eigenvalue weighted by molar-refractivity contribution is -0.144. The van der Waals surface area contributed by atoms with Gasteiger partial charge >= 0.3 is 5.69 Å². The van der Waals surface area contributed by atoms with E-state index in [0.717, 1.165) is 29.5 Å². The summed E-state index contributed by atoms with van der Waals surface area (Å²) in [5, 5.41) is 5.55. The van der Waals surface area contributed by atoms with Gasteiger partial charge in [-0.3, -0.25) is 4.79 Å². The summed E-state index contributed by atoms with van der Waals surface area (Å²) in [4.78, 5) is 34.3. The smallest absolute Gasteiger partial charge is 0.352 e. The Bertz CT molecular complexity index is 1150. The van der Waals surface area contributed by atoms with E-state index >= 15 is 0 Å². The SMILES string of the molecule is C[C@@H]1CCc2c(sc3ncn4c(=O)n(CC(=O)N5C[C@H](C)O[C@@H](C)C5)nc4c23)C1. The Hall–Kier alpha value is -2.26. The van der Waals surface area contributed by atoms with Gasteiger partial charge in [-0.2, -0.15) is 0 Å².